The van der Waals surface area contributed by atoms with E-state index in [0.717, 1.165) is 23.1 Å². The minimum atomic E-state index is -1.08. The first-order chi connectivity index (χ1) is 13.8. The van der Waals surface area contributed by atoms with E-state index in [9.17, 15) is 14.7 Å². The molecule has 0 bridgehead atoms. The van der Waals surface area contributed by atoms with Crippen molar-refractivity contribution in [3.63, 3.8) is 0 Å². The van der Waals surface area contributed by atoms with E-state index >= 15 is 0 Å². The molecule has 1 N–H and O–H groups in total. The van der Waals surface area contributed by atoms with Crippen LogP contribution in [0, 0.1) is 12.3 Å². The summed E-state index contributed by atoms with van der Waals surface area (Å²) in [5, 5.41) is 9.87. The summed E-state index contributed by atoms with van der Waals surface area (Å²) in [6, 6.07) is 14.5. The van der Waals surface area contributed by atoms with Gasteiger partial charge in [0, 0.05) is 33.9 Å². The summed E-state index contributed by atoms with van der Waals surface area (Å²) >= 11 is 0. The lowest BCUT2D eigenvalue weighted by molar-refractivity contribution is -0.147. The minimum Gasteiger partial charge on any atom is -0.481 e. The molecule has 4 rings (SSSR count). The number of rotatable bonds is 4. The molecule has 1 aromatic carbocycles. The van der Waals surface area contributed by atoms with Crippen molar-refractivity contribution in [2.45, 2.75) is 26.7 Å². The van der Waals surface area contributed by atoms with E-state index in [2.05, 4.69) is 9.97 Å². The molecule has 6 nitrogen and oxygen atoms in total. The first kappa shape index (κ1) is 18.8. The molecule has 0 amide bonds. The standard InChI is InChI=1S/C23H20N2O4/c1-13-4-9-16-19(23(2,3)22(27)28)17-10-11-18(25-21(17)29-20(16)24-13)15-7-5-14(12-26)6-8-15/h4-12,19H,1-3H3,(H,27,28). The van der Waals surface area contributed by atoms with Crippen LogP contribution in [0.4, 0.5) is 0 Å². The molecule has 29 heavy (non-hydrogen) atoms. The largest absolute Gasteiger partial charge is 0.481 e. The Morgan fingerprint density at radius 2 is 1.62 bits per heavy atom. The van der Waals surface area contributed by atoms with Gasteiger partial charge in [-0.2, -0.15) is 0 Å². The van der Waals surface area contributed by atoms with Gasteiger partial charge in [-0.05, 0) is 32.9 Å². The molecule has 0 fully saturated rings. The minimum absolute atomic E-state index is 0.354. The maximum absolute atomic E-state index is 12.0. The molecule has 0 radical (unpaired) electrons. The van der Waals surface area contributed by atoms with Gasteiger partial charge in [-0.25, -0.2) is 9.97 Å². The molecule has 0 spiro atoms. The Balaban J connectivity index is 1.86. The highest BCUT2D eigenvalue weighted by atomic mass is 16.5. The normalized spacial score (nSPS) is 15.1. The summed E-state index contributed by atoms with van der Waals surface area (Å²) in [4.78, 5) is 32.0. The van der Waals surface area contributed by atoms with Gasteiger partial charge in [0.1, 0.15) is 6.29 Å². The van der Waals surface area contributed by atoms with Gasteiger partial charge in [-0.1, -0.05) is 36.4 Å². The summed E-state index contributed by atoms with van der Waals surface area (Å²) in [6.07, 6.45) is 0.788. The van der Waals surface area contributed by atoms with E-state index < -0.39 is 17.3 Å². The van der Waals surface area contributed by atoms with Gasteiger partial charge in [0.25, 0.3) is 0 Å². The zero-order valence-corrected chi connectivity index (χ0v) is 16.3. The number of fused-ring (bicyclic) bond motifs is 2. The second kappa shape index (κ2) is 6.81. The lowest BCUT2D eigenvalue weighted by Gasteiger charge is -2.35. The Kier molecular flexibility index (Phi) is 4.42. The summed E-state index contributed by atoms with van der Waals surface area (Å²) in [7, 11) is 0. The highest BCUT2D eigenvalue weighted by Crippen LogP contribution is 2.51. The number of carboxylic acid groups (broad SMARTS) is 1. The van der Waals surface area contributed by atoms with Crippen molar-refractivity contribution >= 4 is 12.3 Å². The smallest absolute Gasteiger partial charge is 0.310 e. The van der Waals surface area contributed by atoms with Crippen LogP contribution in [0.15, 0.2) is 48.5 Å². The van der Waals surface area contributed by atoms with Crippen LogP contribution in [0.2, 0.25) is 0 Å². The predicted molar refractivity (Wildman–Crippen MR) is 107 cm³/mol. The fourth-order valence-electron chi connectivity index (χ4n) is 3.65. The van der Waals surface area contributed by atoms with Crippen molar-refractivity contribution in [2.75, 3.05) is 0 Å². The fraction of sp³-hybridized carbons (Fsp3) is 0.217. The number of aromatic nitrogens is 2. The molecule has 3 heterocycles. The molecule has 1 aliphatic heterocycles. The Labute approximate surface area is 168 Å². The number of ether oxygens (including phenoxy) is 1. The summed E-state index contributed by atoms with van der Waals surface area (Å²) in [5.41, 5.74) is 3.23. The van der Waals surface area contributed by atoms with Gasteiger partial charge in [0.05, 0.1) is 11.1 Å². The average Bonchev–Trinajstić information content (AvgIpc) is 2.71. The van der Waals surface area contributed by atoms with E-state index in [1.54, 1.807) is 26.0 Å². The van der Waals surface area contributed by atoms with Crippen molar-refractivity contribution in [3.8, 4) is 23.0 Å². The second-order valence-corrected chi connectivity index (χ2v) is 7.74. The summed E-state index contributed by atoms with van der Waals surface area (Å²) < 4.78 is 6.00. The molecular formula is C23H20N2O4. The van der Waals surface area contributed by atoms with Gasteiger partial charge in [0.2, 0.25) is 11.8 Å². The van der Waals surface area contributed by atoms with Crippen LogP contribution in [-0.4, -0.2) is 27.3 Å². The number of aryl methyl sites for hydroxylation is 1. The van der Waals surface area contributed by atoms with Crippen molar-refractivity contribution < 1.29 is 19.4 Å². The van der Waals surface area contributed by atoms with Crippen LogP contribution in [0.5, 0.6) is 11.8 Å². The number of aldehydes is 1. The Morgan fingerprint density at radius 1 is 1.00 bits per heavy atom. The number of carboxylic acids is 1. The molecule has 6 heteroatoms. The highest BCUT2D eigenvalue weighted by molar-refractivity contribution is 5.78. The van der Waals surface area contributed by atoms with Crippen molar-refractivity contribution in [3.05, 3.63) is 70.9 Å². The number of aliphatic carboxylic acids is 1. The number of carbonyl (C=O) groups is 2. The SMILES string of the molecule is Cc1ccc2c(n1)Oc1nc(-c3ccc(C=O)cc3)ccc1C2C(C)(C)C(=O)O. The van der Waals surface area contributed by atoms with Crippen LogP contribution < -0.4 is 4.74 Å². The molecule has 0 saturated carbocycles. The zero-order chi connectivity index (χ0) is 20.8. The van der Waals surface area contributed by atoms with E-state index in [4.69, 9.17) is 4.74 Å². The molecule has 0 saturated heterocycles. The first-order valence-electron chi connectivity index (χ1n) is 9.26. The number of pyridine rings is 2. The number of carbonyl (C=O) groups excluding carboxylic acids is 1. The quantitative estimate of drug-likeness (QED) is 0.657. The van der Waals surface area contributed by atoms with Gasteiger partial charge in [-0.15, -0.1) is 0 Å². The molecule has 1 aliphatic rings. The van der Waals surface area contributed by atoms with Crippen LogP contribution in [0.25, 0.3) is 11.3 Å². The first-order valence-corrected chi connectivity index (χ1v) is 9.26. The monoisotopic (exact) mass is 388 g/mol. The Morgan fingerprint density at radius 3 is 2.24 bits per heavy atom. The van der Waals surface area contributed by atoms with Crippen molar-refractivity contribution in [2.24, 2.45) is 5.41 Å². The zero-order valence-electron chi connectivity index (χ0n) is 16.3. The molecule has 3 aromatic rings. The summed E-state index contributed by atoms with van der Waals surface area (Å²) in [5.74, 6) is -0.620. The van der Waals surface area contributed by atoms with Gasteiger partial charge < -0.3 is 9.84 Å². The highest BCUT2D eigenvalue weighted by Gasteiger charge is 2.44. The maximum atomic E-state index is 12.0. The van der Waals surface area contributed by atoms with Crippen LogP contribution in [0.3, 0.4) is 0 Å². The van der Waals surface area contributed by atoms with Crippen LogP contribution >= 0.6 is 0 Å². The number of hydrogen-bond acceptors (Lipinski definition) is 5. The van der Waals surface area contributed by atoms with Crippen LogP contribution in [0.1, 0.15) is 46.9 Å². The van der Waals surface area contributed by atoms with E-state index in [0.29, 0.717) is 28.6 Å². The molecule has 0 aliphatic carbocycles. The number of hydrogen-bond donors (Lipinski definition) is 1. The second-order valence-electron chi connectivity index (χ2n) is 7.74. The third kappa shape index (κ3) is 3.16. The van der Waals surface area contributed by atoms with E-state index in [1.165, 1.54) is 0 Å². The predicted octanol–water partition coefficient (Wildman–Crippen LogP) is 4.61. The van der Waals surface area contributed by atoms with Gasteiger partial charge in [0.15, 0.2) is 0 Å². The number of benzene rings is 1. The molecule has 1 atom stereocenters. The van der Waals surface area contributed by atoms with Gasteiger partial charge in [-0.3, -0.25) is 9.59 Å². The lowest BCUT2D eigenvalue weighted by atomic mass is 9.71. The molecule has 146 valence electrons. The van der Waals surface area contributed by atoms with Gasteiger partial charge >= 0.3 is 5.97 Å². The van der Waals surface area contributed by atoms with Crippen LogP contribution in [-0.2, 0) is 4.79 Å². The molecular weight excluding hydrogens is 368 g/mol. The van der Waals surface area contributed by atoms with Crippen molar-refractivity contribution in [1.29, 1.82) is 0 Å². The van der Waals surface area contributed by atoms with Crippen molar-refractivity contribution in [1.82, 2.24) is 9.97 Å². The topological polar surface area (TPSA) is 89.4 Å². The number of nitrogens with zero attached hydrogens (tertiary/aromatic N) is 2. The molecule has 2 aromatic heterocycles. The third-order valence-corrected chi connectivity index (χ3v) is 5.35. The third-order valence-electron chi connectivity index (χ3n) is 5.35. The lowest BCUT2D eigenvalue weighted by Crippen LogP contribution is -2.34. The van der Waals surface area contributed by atoms with E-state index in [1.807, 2.05) is 43.3 Å². The molecule has 1 unspecified atom stereocenters. The Hall–Kier alpha value is -3.54. The maximum Gasteiger partial charge on any atom is 0.310 e. The summed E-state index contributed by atoms with van der Waals surface area (Å²) in [6.45, 7) is 5.25. The average molecular weight is 388 g/mol. The van der Waals surface area contributed by atoms with E-state index in [-0.39, 0.29) is 0 Å². The Bertz CT molecular complexity index is 1120. The fourth-order valence-corrected chi connectivity index (χ4v) is 3.65.